The average Bonchev–Trinajstić information content (AvgIpc) is 3.36. The largest absolute Gasteiger partial charge is 0.454 e. The first kappa shape index (κ1) is 19.0. The van der Waals surface area contributed by atoms with Crippen molar-refractivity contribution in [3.63, 3.8) is 0 Å². The minimum atomic E-state index is -0.608. The summed E-state index contributed by atoms with van der Waals surface area (Å²) in [4.78, 5) is 42.3. The van der Waals surface area contributed by atoms with Crippen molar-refractivity contribution in [3.8, 4) is 0 Å². The Morgan fingerprint density at radius 3 is 2.83 bits per heavy atom. The van der Waals surface area contributed by atoms with E-state index in [0.29, 0.717) is 29.2 Å². The summed E-state index contributed by atoms with van der Waals surface area (Å²) >= 11 is 1.47. The standard InChI is InChI=1S/C22H18N2O4S/c25-18(15-5-3-6-16(13-15)24-12-4-9-21(24)26)14-28-22(27)11-10-20-23-17-7-1-2-8-19(17)29-20/h1-3,5-8,10-11,13H,4,9,12,14H2/b11-10+. The molecular weight excluding hydrogens is 388 g/mol. The number of carbonyl (C=O) groups is 3. The molecule has 0 aliphatic carbocycles. The first-order valence-electron chi connectivity index (χ1n) is 9.24. The van der Waals surface area contributed by atoms with E-state index in [1.807, 2.05) is 24.3 Å². The quantitative estimate of drug-likeness (QED) is 0.353. The van der Waals surface area contributed by atoms with Crippen molar-refractivity contribution >= 4 is 51.0 Å². The lowest BCUT2D eigenvalue weighted by molar-refractivity contribution is -0.136. The molecule has 0 saturated carbocycles. The SMILES string of the molecule is O=C(/C=C/c1nc2ccccc2s1)OCC(=O)c1cccc(N2CCCC2=O)c1. The van der Waals surface area contributed by atoms with Crippen LogP contribution in [-0.2, 0) is 14.3 Å². The molecule has 0 bridgehead atoms. The maximum absolute atomic E-state index is 12.4. The Balaban J connectivity index is 1.35. The number of hydrogen-bond donors (Lipinski definition) is 0. The predicted octanol–water partition coefficient (Wildman–Crippen LogP) is 3.86. The summed E-state index contributed by atoms with van der Waals surface area (Å²) < 4.78 is 6.10. The molecule has 0 atom stereocenters. The number of thiazole rings is 1. The number of hydrogen-bond acceptors (Lipinski definition) is 6. The zero-order valence-corrected chi connectivity index (χ0v) is 16.4. The summed E-state index contributed by atoms with van der Waals surface area (Å²) in [5, 5.41) is 0.692. The highest BCUT2D eigenvalue weighted by molar-refractivity contribution is 7.19. The van der Waals surface area contributed by atoms with Gasteiger partial charge >= 0.3 is 5.97 Å². The van der Waals surface area contributed by atoms with Crippen molar-refractivity contribution in [2.45, 2.75) is 12.8 Å². The lowest BCUT2D eigenvalue weighted by atomic mass is 10.1. The predicted molar refractivity (Wildman–Crippen MR) is 112 cm³/mol. The molecule has 3 aromatic rings. The van der Waals surface area contributed by atoms with Crippen LogP contribution in [-0.4, -0.2) is 35.8 Å². The molecule has 146 valence electrons. The van der Waals surface area contributed by atoms with Crippen LogP contribution in [0.15, 0.2) is 54.6 Å². The molecule has 1 aliphatic rings. The monoisotopic (exact) mass is 406 g/mol. The van der Waals surface area contributed by atoms with Crippen LogP contribution < -0.4 is 4.90 Å². The number of amides is 1. The lowest BCUT2D eigenvalue weighted by Gasteiger charge is -2.16. The van der Waals surface area contributed by atoms with Crippen molar-refractivity contribution in [1.82, 2.24) is 4.98 Å². The van der Waals surface area contributed by atoms with Crippen LogP contribution in [0.25, 0.3) is 16.3 Å². The van der Waals surface area contributed by atoms with Gasteiger partial charge in [0.15, 0.2) is 12.4 Å². The van der Waals surface area contributed by atoms with Crippen LogP contribution in [0.4, 0.5) is 5.69 Å². The van der Waals surface area contributed by atoms with E-state index >= 15 is 0 Å². The highest BCUT2D eigenvalue weighted by atomic mass is 32.1. The van der Waals surface area contributed by atoms with E-state index in [9.17, 15) is 14.4 Å². The Kier molecular flexibility index (Phi) is 5.48. The van der Waals surface area contributed by atoms with E-state index in [4.69, 9.17) is 4.74 Å². The van der Waals surface area contributed by atoms with Gasteiger partial charge in [0, 0.05) is 30.3 Å². The number of ether oxygens (including phenoxy) is 1. The smallest absolute Gasteiger partial charge is 0.331 e. The van der Waals surface area contributed by atoms with Crippen molar-refractivity contribution in [2.24, 2.45) is 0 Å². The average molecular weight is 406 g/mol. The number of fused-ring (bicyclic) bond motifs is 1. The summed E-state index contributed by atoms with van der Waals surface area (Å²) in [5.74, 6) is -0.871. The van der Waals surface area contributed by atoms with E-state index in [2.05, 4.69) is 4.98 Å². The number of anilines is 1. The lowest BCUT2D eigenvalue weighted by Crippen LogP contribution is -2.24. The van der Waals surface area contributed by atoms with Crippen molar-refractivity contribution in [1.29, 1.82) is 0 Å². The number of aromatic nitrogens is 1. The van der Waals surface area contributed by atoms with Gasteiger partial charge < -0.3 is 9.64 Å². The molecule has 1 fully saturated rings. The van der Waals surface area contributed by atoms with Gasteiger partial charge in [-0.05, 0) is 36.8 Å². The van der Waals surface area contributed by atoms with Crippen molar-refractivity contribution < 1.29 is 19.1 Å². The Labute approximate surface area is 171 Å². The van der Waals surface area contributed by atoms with Crippen LogP contribution in [0.1, 0.15) is 28.2 Å². The summed E-state index contributed by atoms with van der Waals surface area (Å²) in [5.41, 5.74) is 1.97. The number of Topliss-reactive ketones (excluding diaryl/α,β-unsaturated/α-hetero) is 1. The van der Waals surface area contributed by atoms with E-state index in [1.165, 1.54) is 17.4 Å². The molecule has 7 heteroatoms. The first-order valence-corrected chi connectivity index (χ1v) is 10.1. The fourth-order valence-corrected chi connectivity index (χ4v) is 4.01. The molecule has 6 nitrogen and oxygen atoms in total. The summed E-state index contributed by atoms with van der Waals surface area (Å²) in [7, 11) is 0. The molecule has 29 heavy (non-hydrogen) atoms. The molecule has 1 aromatic heterocycles. The van der Waals surface area contributed by atoms with E-state index < -0.39 is 5.97 Å². The van der Waals surface area contributed by atoms with Gasteiger partial charge in [-0.2, -0.15) is 0 Å². The fourth-order valence-electron chi connectivity index (χ4n) is 3.14. The number of nitrogens with zero attached hydrogens (tertiary/aromatic N) is 2. The highest BCUT2D eigenvalue weighted by Crippen LogP contribution is 2.23. The molecule has 2 heterocycles. The second-order valence-electron chi connectivity index (χ2n) is 6.58. The first-order chi connectivity index (χ1) is 14.1. The Morgan fingerprint density at radius 1 is 1.17 bits per heavy atom. The molecule has 1 aliphatic heterocycles. The third kappa shape index (κ3) is 4.41. The number of rotatable bonds is 6. The maximum Gasteiger partial charge on any atom is 0.331 e. The maximum atomic E-state index is 12.4. The Bertz CT molecular complexity index is 1090. The fraction of sp³-hybridized carbons (Fsp3) is 0.182. The minimum Gasteiger partial charge on any atom is -0.454 e. The summed E-state index contributed by atoms with van der Waals surface area (Å²) in [6.45, 7) is 0.294. The van der Waals surface area contributed by atoms with Crippen molar-refractivity contribution in [2.75, 3.05) is 18.1 Å². The molecule has 0 unspecified atom stereocenters. The second-order valence-corrected chi connectivity index (χ2v) is 7.65. The van der Waals surface area contributed by atoms with Crippen LogP contribution in [0.2, 0.25) is 0 Å². The van der Waals surface area contributed by atoms with Gasteiger partial charge in [-0.25, -0.2) is 9.78 Å². The van der Waals surface area contributed by atoms with Gasteiger partial charge in [0.1, 0.15) is 5.01 Å². The van der Waals surface area contributed by atoms with Gasteiger partial charge in [-0.1, -0.05) is 24.3 Å². The molecule has 1 saturated heterocycles. The normalized spacial score (nSPS) is 14.1. The van der Waals surface area contributed by atoms with Crippen LogP contribution >= 0.6 is 11.3 Å². The number of ketones is 1. The Morgan fingerprint density at radius 2 is 2.03 bits per heavy atom. The molecule has 2 aromatic carbocycles. The molecular formula is C22H18N2O4S. The van der Waals surface area contributed by atoms with Crippen LogP contribution in [0.3, 0.4) is 0 Å². The van der Waals surface area contributed by atoms with Gasteiger partial charge in [0.25, 0.3) is 0 Å². The summed E-state index contributed by atoms with van der Waals surface area (Å²) in [6, 6.07) is 14.5. The van der Waals surface area contributed by atoms with Gasteiger partial charge in [0.05, 0.1) is 10.2 Å². The number of para-hydroxylation sites is 1. The van der Waals surface area contributed by atoms with Crippen LogP contribution in [0.5, 0.6) is 0 Å². The molecule has 1 amide bonds. The van der Waals surface area contributed by atoms with Gasteiger partial charge in [0.2, 0.25) is 5.91 Å². The Hall–Kier alpha value is -3.32. The zero-order valence-electron chi connectivity index (χ0n) is 15.5. The highest BCUT2D eigenvalue weighted by Gasteiger charge is 2.22. The van der Waals surface area contributed by atoms with Gasteiger partial charge in [-0.3, -0.25) is 9.59 Å². The molecule has 0 spiro atoms. The molecule has 0 radical (unpaired) electrons. The number of carbonyl (C=O) groups excluding carboxylic acids is 3. The third-order valence-electron chi connectivity index (χ3n) is 4.57. The number of benzene rings is 2. The van der Waals surface area contributed by atoms with Crippen molar-refractivity contribution in [3.05, 3.63) is 65.2 Å². The zero-order chi connectivity index (χ0) is 20.2. The van der Waals surface area contributed by atoms with E-state index in [-0.39, 0.29) is 18.3 Å². The van der Waals surface area contributed by atoms with E-state index in [1.54, 1.807) is 35.2 Å². The third-order valence-corrected chi connectivity index (χ3v) is 5.57. The second kappa shape index (κ2) is 8.36. The van der Waals surface area contributed by atoms with E-state index in [0.717, 1.165) is 16.6 Å². The minimum absolute atomic E-state index is 0.0565. The summed E-state index contributed by atoms with van der Waals surface area (Å²) in [6.07, 6.45) is 4.19. The van der Waals surface area contributed by atoms with Crippen LogP contribution in [0, 0.1) is 0 Å². The molecule has 4 rings (SSSR count). The molecule has 0 N–H and O–H groups in total. The topological polar surface area (TPSA) is 76.6 Å². The van der Waals surface area contributed by atoms with Gasteiger partial charge in [-0.15, -0.1) is 11.3 Å². The number of esters is 1.